The van der Waals surface area contributed by atoms with E-state index in [1.807, 2.05) is 59.8 Å². The zero-order valence-corrected chi connectivity index (χ0v) is 48.1. The van der Waals surface area contributed by atoms with E-state index in [2.05, 4.69) is 17.4 Å². The summed E-state index contributed by atoms with van der Waals surface area (Å²) in [6.07, 6.45) is -1.64. The molecule has 3 fully saturated rings. The van der Waals surface area contributed by atoms with Gasteiger partial charge in [-0.05, 0) is 97.9 Å². The molecule has 1 aromatic rings. The summed E-state index contributed by atoms with van der Waals surface area (Å²) in [5.41, 5.74) is 1.26. The molecule has 20 heteroatoms. The van der Waals surface area contributed by atoms with Gasteiger partial charge in [0.25, 0.3) is 0 Å². The van der Waals surface area contributed by atoms with Crippen LogP contribution in [0.5, 0.6) is 0 Å². The van der Waals surface area contributed by atoms with Crippen molar-refractivity contribution >= 4 is 15.8 Å². The number of hydrogen-bond donors (Lipinski definition) is 5. The topological polar surface area (TPSA) is 212 Å². The van der Waals surface area contributed by atoms with Gasteiger partial charge in [-0.1, -0.05) is 52.0 Å². The van der Waals surface area contributed by atoms with E-state index in [-0.39, 0.29) is 43.1 Å². The minimum atomic E-state index is -3.22. The molecule has 1 aromatic carbocycles. The Kier molecular flexibility index (Phi) is 21.4. The van der Waals surface area contributed by atoms with Gasteiger partial charge in [0.1, 0.15) is 42.7 Å². The number of halogens is 1. The van der Waals surface area contributed by atoms with Crippen LogP contribution in [0.15, 0.2) is 36.2 Å². The van der Waals surface area contributed by atoms with Crippen molar-refractivity contribution in [3.05, 3.63) is 47.3 Å². The highest BCUT2D eigenvalue weighted by Gasteiger charge is 2.54. The quantitative estimate of drug-likeness (QED) is 0.142. The van der Waals surface area contributed by atoms with E-state index in [0.717, 1.165) is 11.3 Å². The number of nitrogens with zero attached hydrogens (tertiary/aromatic N) is 4. The van der Waals surface area contributed by atoms with E-state index in [4.69, 9.17) is 28.4 Å². The van der Waals surface area contributed by atoms with Crippen LogP contribution in [0.2, 0.25) is 0 Å². The largest absolute Gasteiger partial charge is 0.459 e. The van der Waals surface area contributed by atoms with Gasteiger partial charge in [-0.15, -0.1) is 5.12 Å². The number of methoxy groups -OCH3 is 2. The Labute approximate surface area is 442 Å². The predicted octanol–water partition coefficient (Wildman–Crippen LogP) is 4.74. The van der Waals surface area contributed by atoms with Gasteiger partial charge in [0, 0.05) is 89.8 Å². The van der Waals surface area contributed by atoms with Gasteiger partial charge in [-0.25, -0.2) is 12.8 Å². The number of carbonyl (C=O) groups is 1. The van der Waals surface area contributed by atoms with Gasteiger partial charge in [0.15, 0.2) is 16.1 Å². The normalized spacial score (nSPS) is 39.7. The second-order valence-corrected chi connectivity index (χ2v) is 25.4. The molecular weight excluding hydrogens is 978 g/mol. The monoisotopic (exact) mass is 1070 g/mol. The fraction of sp³-hybridized carbons (Fsp3) is 0.833. The first-order chi connectivity index (χ1) is 34.4. The van der Waals surface area contributed by atoms with Gasteiger partial charge >= 0.3 is 5.97 Å². The van der Waals surface area contributed by atoms with E-state index >= 15 is 4.39 Å². The zero-order chi connectivity index (χ0) is 55.4. The van der Waals surface area contributed by atoms with E-state index in [0.29, 0.717) is 37.9 Å². The van der Waals surface area contributed by atoms with Crippen LogP contribution in [0, 0.1) is 23.7 Å². The first-order valence-corrected chi connectivity index (χ1v) is 28.8. The number of likely N-dealkylation sites (N-methyl/N-ethyl adjacent to an activating group) is 1. The Morgan fingerprint density at radius 3 is 2.20 bits per heavy atom. The second-order valence-electron chi connectivity index (χ2n) is 23.3. The molecule has 1 unspecified atom stereocenters. The van der Waals surface area contributed by atoms with Crippen LogP contribution in [0.4, 0.5) is 4.39 Å². The van der Waals surface area contributed by atoms with Gasteiger partial charge in [-0.2, -0.15) is 0 Å². The summed E-state index contributed by atoms with van der Waals surface area (Å²) in [7, 11) is 5.59. The molecule has 4 aliphatic rings. The summed E-state index contributed by atoms with van der Waals surface area (Å²) in [6.45, 7) is 18.6. The third-order valence-electron chi connectivity index (χ3n) is 16.9. The standard InChI is InChI=1S/C54H94FN5O13S/c1-17-44-54(10,65)48(61)36(6)58(12)29-32(2)26-52(8,64)50(34(4)46(35(5)51(63)72-44)43-27-53(9,69-15)49(62)37(7)71-43)73-45-25-41(24-33(3)70-45)57(11)23-22-40-30-60(59(13)56-40)42(28-55)47(68-14)39-20-18-38(19-21-39)31-74(16,66)67/h18-21,30,32-37,41-50,56,61-62,64-65H,17,22-29,31H2,1-16H3/t32-,33-,34+,35-,36-,37+,41+,42-,43-,44-,45+,46?,47-,48-,49+,50-,52-,53-,54-/m1/s1. The Balaban J connectivity index is 1.42. The minimum absolute atomic E-state index is 0.000361. The molecule has 426 valence electrons. The average molecular weight is 1070 g/mol. The molecule has 5 rings (SSSR count). The van der Waals surface area contributed by atoms with E-state index in [9.17, 15) is 33.6 Å². The lowest BCUT2D eigenvalue weighted by atomic mass is 9.68. The van der Waals surface area contributed by atoms with Crippen molar-refractivity contribution in [3.8, 4) is 0 Å². The maximum Gasteiger partial charge on any atom is 0.309 e. The molecule has 0 amide bonds. The number of aliphatic hydroxyl groups excluding tert-OH is 2. The summed E-state index contributed by atoms with van der Waals surface area (Å²) in [4.78, 5) is 18.9. The second kappa shape index (κ2) is 25.5. The number of sulfone groups is 1. The number of ether oxygens (including phenoxy) is 6. The Morgan fingerprint density at radius 2 is 1.62 bits per heavy atom. The molecule has 5 N–H and O–H groups in total. The molecule has 3 saturated heterocycles. The van der Waals surface area contributed by atoms with Crippen molar-refractivity contribution < 1.29 is 66.5 Å². The third-order valence-corrected chi connectivity index (χ3v) is 17.7. The molecular formula is C54H94FN5O13S. The Morgan fingerprint density at radius 1 is 0.973 bits per heavy atom. The van der Waals surface area contributed by atoms with Crippen LogP contribution in [0.3, 0.4) is 0 Å². The lowest BCUT2D eigenvalue weighted by Crippen LogP contribution is -2.61. The first-order valence-electron chi connectivity index (χ1n) is 26.7. The van der Waals surface area contributed by atoms with Crippen molar-refractivity contribution in [2.75, 3.05) is 61.4 Å². The number of aliphatic hydroxyl groups is 4. The van der Waals surface area contributed by atoms with Crippen LogP contribution < -0.4 is 5.43 Å². The van der Waals surface area contributed by atoms with E-state index < -0.39 is 118 Å². The Bertz CT molecular complexity index is 2110. The fourth-order valence-corrected chi connectivity index (χ4v) is 13.3. The maximum atomic E-state index is 15.0. The lowest BCUT2D eigenvalue weighted by molar-refractivity contribution is -0.275. The SMILES string of the molecule is CC[C@H]1OC(=O)[C@H](C)C([C@H]2C[C@@](C)(OC)[C@@H](O)[C@H](C)O2)[C@H](C)[C@@H](O[C@H]2C[C@@H](N(C)CCC3=CN([C@H](CF)[C@H](OC)c4ccc(CS(C)(=O)=O)cc4)N(C)N3)C[C@@H](C)O2)[C@](C)(O)C[C@@H](C)CN(C)[C@H](C)[C@@H](O)[C@]1(C)O. The van der Waals surface area contributed by atoms with Crippen LogP contribution in [0.1, 0.15) is 125 Å². The van der Waals surface area contributed by atoms with E-state index in [1.54, 1.807) is 69.2 Å². The highest BCUT2D eigenvalue weighted by Crippen LogP contribution is 2.45. The lowest BCUT2D eigenvalue weighted by Gasteiger charge is -2.51. The molecule has 19 atom stereocenters. The van der Waals surface area contributed by atoms with Crippen LogP contribution in [-0.2, 0) is 48.8 Å². The molecule has 74 heavy (non-hydrogen) atoms. The van der Waals surface area contributed by atoms with Gasteiger partial charge in [-0.3, -0.25) is 9.80 Å². The van der Waals surface area contributed by atoms with Crippen molar-refractivity contribution in [2.24, 2.45) is 23.7 Å². The summed E-state index contributed by atoms with van der Waals surface area (Å²) >= 11 is 0. The molecule has 0 radical (unpaired) electrons. The Hall–Kier alpha value is -2.57. The molecule has 4 aliphatic heterocycles. The summed E-state index contributed by atoms with van der Waals surface area (Å²) in [6, 6.07) is 5.76. The molecule has 0 saturated carbocycles. The molecule has 4 heterocycles. The highest BCUT2D eigenvalue weighted by molar-refractivity contribution is 7.89. The predicted molar refractivity (Wildman–Crippen MR) is 280 cm³/mol. The number of carbonyl (C=O) groups excluding carboxylic acids is 1. The van der Waals surface area contributed by atoms with Gasteiger partial charge in [0.05, 0.1) is 47.3 Å². The third kappa shape index (κ3) is 14.8. The minimum Gasteiger partial charge on any atom is -0.459 e. The number of hydrazine groups is 2. The number of esters is 1. The number of benzene rings is 1. The molecule has 18 nitrogen and oxygen atoms in total. The number of hydrogen-bond acceptors (Lipinski definition) is 18. The van der Waals surface area contributed by atoms with Crippen molar-refractivity contribution in [3.63, 3.8) is 0 Å². The number of cyclic esters (lactones) is 1. The number of rotatable bonds is 16. The van der Waals surface area contributed by atoms with Gasteiger partial charge in [0.2, 0.25) is 0 Å². The van der Waals surface area contributed by atoms with Gasteiger partial charge < -0.3 is 64.1 Å². The smallest absolute Gasteiger partial charge is 0.309 e. The highest BCUT2D eigenvalue weighted by atomic mass is 32.2. The molecule has 0 bridgehead atoms. The van der Waals surface area contributed by atoms with Crippen molar-refractivity contribution in [1.82, 2.24) is 25.4 Å². The summed E-state index contributed by atoms with van der Waals surface area (Å²) < 4.78 is 77.2. The fourth-order valence-electron chi connectivity index (χ4n) is 12.5. The average Bonchev–Trinajstić information content (AvgIpc) is 3.69. The van der Waals surface area contributed by atoms with Crippen LogP contribution in [-0.4, -0.2) is 200 Å². The molecule has 0 aliphatic carbocycles. The zero-order valence-electron chi connectivity index (χ0n) is 47.2. The molecule has 0 spiro atoms. The first kappa shape index (κ1) is 62.3. The molecule has 0 aromatic heterocycles. The summed E-state index contributed by atoms with van der Waals surface area (Å²) in [5, 5.41) is 51.5. The number of alkyl halides is 1. The summed E-state index contributed by atoms with van der Waals surface area (Å²) in [5.74, 6) is -2.98. The van der Waals surface area contributed by atoms with E-state index in [1.165, 1.54) is 20.3 Å². The number of nitrogens with one attached hydrogen (secondary N) is 1. The van der Waals surface area contributed by atoms with Crippen molar-refractivity contribution in [2.45, 2.75) is 204 Å². The van der Waals surface area contributed by atoms with Crippen LogP contribution in [0.25, 0.3) is 0 Å². The maximum absolute atomic E-state index is 15.0. The van der Waals surface area contributed by atoms with Crippen LogP contribution >= 0.6 is 0 Å². The van der Waals surface area contributed by atoms with Crippen molar-refractivity contribution in [1.29, 1.82) is 0 Å².